The van der Waals surface area contributed by atoms with E-state index in [9.17, 15) is 14.4 Å². The van der Waals surface area contributed by atoms with Crippen molar-refractivity contribution >= 4 is 23.3 Å². The molecule has 2 aromatic rings. The van der Waals surface area contributed by atoms with E-state index in [0.717, 1.165) is 35.1 Å². The van der Waals surface area contributed by atoms with Crippen molar-refractivity contribution in [3.8, 4) is 11.8 Å². The molecule has 1 aromatic heterocycles. The number of Topliss-reactive ketones (excluding diaryl/α,β-unsaturated/α-hetero) is 2. The first-order chi connectivity index (χ1) is 15.8. The summed E-state index contributed by atoms with van der Waals surface area (Å²) in [6.45, 7) is 5.71. The number of rotatable bonds is 3. The van der Waals surface area contributed by atoms with Gasteiger partial charge in [-0.1, -0.05) is 12.0 Å². The normalized spacial score (nSPS) is 24.8. The Morgan fingerprint density at radius 3 is 2.24 bits per heavy atom. The molecule has 170 valence electrons. The second kappa shape index (κ2) is 9.31. The lowest BCUT2D eigenvalue weighted by molar-refractivity contribution is -0.138. The first kappa shape index (κ1) is 22.9. The summed E-state index contributed by atoms with van der Waals surface area (Å²) in [6.07, 6.45) is 5.29. The molecular weight excluding hydrogens is 412 g/mol. The molecule has 1 aromatic carbocycles. The molecule has 1 N–H and O–H groups in total. The van der Waals surface area contributed by atoms with E-state index in [1.165, 1.54) is 0 Å². The van der Waals surface area contributed by atoms with Gasteiger partial charge in [0, 0.05) is 30.5 Å². The molecule has 0 bridgehead atoms. The predicted octanol–water partition coefficient (Wildman–Crippen LogP) is 4.90. The number of hydrogen-bond donors (Lipinski definition) is 1. The number of ketones is 2. The van der Waals surface area contributed by atoms with E-state index in [0.29, 0.717) is 31.5 Å². The maximum absolute atomic E-state index is 13.3. The van der Waals surface area contributed by atoms with Crippen LogP contribution in [0.4, 0.5) is 5.82 Å². The van der Waals surface area contributed by atoms with E-state index in [4.69, 9.17) is 0 Å². The number of hydrogen-bond acceptors (Lipinski definition) is 4. The minimum Gasteiger partial charge on any atom is -0.310 e. The third-order valence-corrected chi connectivity index (χ3v) is 7.23. The number of aryl methyl sites for hydroxylation is 2. The molecular formula is C28H30N2O3. The molecule has 2 aliphatic carbocycles. The fraction of sp³-hybridized carbons (Fsp3) is 0.429. The van der Waals surface area contributed by atoms with E-state index < -0.39 is 5.92 Å². The molecule has 0 atom stereocenters. The molecule has 0 unspecified atom stereocenters. The van der Waals surface area contributed by atoms with Gasteiger partial charge in [-0.25, -0.2) is 4.98 Å². The third-order valence-electron chi connectivity index (χ3n) is 7.23. The Morgan fingerprint density at radius 2 is 1.70 bits per heavy atom. The average Bonchev–Trinajstić information content (AvgIpc) is 2.76. The maximum Gasteiger partial charge on any atom is 0.228 e. The predicted molar refractivity (Wildman–Crippen MR) is 128 cm³/mol. The van der Waals surface area contributed by atoms with E-state index in [-0.39, 0.29) is 28.8 Å². The van der Waals surface area contributed by atoms with Gasteiger partial charge in [0.1, 0.15) is 23.3 Å². The lowest BCUT2D eigenvalue weighted by Gasteiger charge is -2.43. The summed E-state index contributed by atoms with van der Waals surface area (Å²) in [7, 11) is 0. The molecule has 0 radical (unpaired) electrons. The fourth-order valence-corrected chi connectivity index (χ4v) is 5.66. The highest BCUT2D eigenvalue weighted by molar-refractivity contribution is 6.10. The molecule has 2 saturated carbocycles. The lowest BCUT2D eigenvalue weighted by atomic mass is 9.59. The molecule has 0 aliphatic heterocycles. The van der Waals surface area contributed by atoms with Gasteiger partial charge in [0.05, 0.1) is 0 Å². The zero-order chi connectivity index (χ0) is 23.6. The summed E-state index contributed by atoms with van der Waals surface area (Å²) in [5, 5.41) is 2.88. The van der Waals surface area contributed by atoms with Crippen molar-refractivity contribution in [3.63, 3.8) is 0 Å². The van der Waals surface area contributed by atoms with Crippen molar-refractivity contribution in [2.45, 2.75) is 65.2 Å². The van der Waals surface area contributed by atoms with Crippen LogP contribution in [0.2, 0.25) is 0 Å². The highest BCUT2D eigenvalue weighted by atomic mass is 16.2. The number of pyridine rings is 1. The molecule has 2 aliphatic rings. The largest absolute Gasteiger partial charge is 0.310 e. The van der Waals surface area contributed by atoms with Gasteiger partial charge in [-0.2, -0.15) is 0 Å². The SMILES string of the molecule is CC#Cc1cc(C)c(C2C(=O)CC3(CCC(C(=O)Nc4ccccn4)CC3)CC2=O)c(C)c1. The third kappa shape index (κ3) is 4.75. The Labute approximate surface area is 195 Å². The molecule has 1 spiro atoms. The zero-order valence-electron chi connectivity index (χ0n) is 19.5. The minimum absolute atomic E-state index is 0.0168. The van der Waals surface area contributed by atoms with Crippen LogP contribution in [0.3, 0.4) is 0 Å². The Balaban J connectivity index is 1.45. The van der Waals surface area contributed by atoms with Crippen LogP contribution >= 0.6 is 0 Å². The number of benzene rings is 1. The second-order valence-electron chi connectivity index (χ2n) is 9.60. The Hall–Kier alpha value is -3.26. The Bertz CT molecular complexity index is 1110. The molecule has 1 amide bonds. The summed E-state index contributed by atoms with van der Waals surface area (Å²) in [5.41, 5.74) is 3.35. The van der Waals surface area contributed by atoms with Crippen LogP contribution in [0.15, 0.2) is 36.5 Å². The molecule has 2 fully saturated rings. The van der Waals surface area contributed by atoms with Gasteiger partial charge < -0.3 is 5.32 Å². The first-order valence-corrected chi connectivity index (χ1v) is 11.6. The number of anilines is 1. The lowest BCUT2D eigenvalue weighted by Crippen LogP contribution is -2.43. The molecule has 5 heteroatoms. The van der Waals surface area contributed by atoms with Gasteiger partial charge in [-0.15, -0.1) is 5.92 Å². The van der Waals surface area contributed by atoms with Crippen LogP contribution in [-0.2, 0) is 14.4 Å². The van der Waals surface area contributed by atoms with Crippen molar-refractivity contribution in [1.82, 2.24) is 4.98 Å². The Kier molecular flexibility index (Phi) is 6.47. The van der Waals surface area contributed by atoms with Gasteiger partial charge >= 0.3 is 0 Å². The van der Waals surface area contributed by atoms with E-state index in [2.05, 4.69) is 22.1 Å². The minimum atomic E-state index is -0.676. The van der Waals surface area contributed by atoms with E-state index in [1.54, 1.807) is 25.3 Å². The maximum atomic E-state index is 13.3. The number of carbonyl (C=O) groups excluding carboxylic acids is 3. The van der Waals surface area contributed by atoms with Gasteiger partial charge in [-0.05, 0) is 92.8 Å². The summed E-state index contributed by atoms with van der Waals surface area (Å²) >= 11 is 0. The highest BCUT2D eigenvalue weighted by Crippen LogP contribution is 2.50. The van der Waals surface area contributed by atoms with Gasteiger partial charge in [-0.3, -0.25) is 14.4 Å². The summed E-state index contributed by atoms with van der Waals surface area (Å²) in [5.74, 6) is 5.73. The fourth-order valence-electron chi connectivity index (χ4n) is 5.66. The quantitative estimate of drug-likeness (QED) is 0.542. The monoisotopic (exact) mass is 442 g/mol. The second-order valence-corrected chi connectivity index (χ2v) is 9.60. The number of amides is 1. The first-order valence-electron chi connectivity index (χ1n) is 11.6. The van der Waals surface area contributed by atoms with E-state index >= 15 is 0 Å². The van der Waals surface area contributed by atoms with Crippen LogP contribution in [-0.4, -0.2) is 22.5 Å². The van der Waals surface area contributed by atoms with Crippen LogP contribution in [0.25, 0.3) is 0 Å². The summed E-state index contributed by atoms with van der Waals surface area (Å²) in [6, 6.07) is 9.35. The van der Waals surface area contributed by atoms with Crippen molar-refractivity contribution < 1.29 is 14.4 Å². The molecule has 0 saturated heterocycles. The van der Waals surface area contributed by atoms with Crippen molar-refractivity contribution in [1.29, 1.82) is 0 Å². The molecule has 4 rings (SSSR count). The van der Waals surface area contributed by atoms with E-state index in [1.807, 2.05) is 32.0 Å². The standard InChI is InChI=1S/C28H30N2O3/c1-4-7-20-14-18(2)25(19(3)15-20)26-22(31)16-28(17-23(26)32)11-9-21(10-12-28)27(33)30-24-8-5-6-13-29-24/h5-6,8,13-15,21,26H,9-12,16-17H2,1-3H3,(H,29,30,33). The van der Waals surface area contributed by atoms with Crippen LogP contribution in [0, 0.1) is 37.0 Å². The van der Waals surface area contributed by atoms with Crippen LogP contribution in [0.5, 0.6) is 0 Å². The van der Waals surface area contributed by atoms with Gasteiger partial charge in [0.25, 0.3) is 0 Å². The summed E-state index contributed by atoms with van der Waals surface area (Å²) < 4.78 is 0. The zero-order valence-corrected chi connectivity index (χ0v) is 19.5. The average molecular weight is 443 g/mol. The number of aromatic nitrogens is 1. The van der Waals surface area contributed by atoms with Crippen molar-refractivity contribution in [2.75, 3.05) is 5.32 Å². The van der Waals surface area contributed by atoms with Gasteiger partial charge in [0.15, 0.2) is 0 Å². The van der Waals surface area contributed by atoms with Gasteiger partial charge in [0.2, 0.25) is 5.91 Å². The smallest absolute Gasteiger partial charge is 0.228 e. The summed E-state index contributed by atoms with van der Waals surface area (Å²) in [4.78, 5) is 43.4. The number of nitrogens with zero attached hydrogens (tertiary/aromatic N) is 1. The van der Waals surface area contributed by atoms with Crippen LogP contribution in [0.1, 0.15) is 73.6 Å². The molecule has 5 nitrogen and oxygen atoms in total. The highest BCUT2D eigenvalue weighted by Gasteiger charge is 2.48. The van der Waals surface area contributed by atoms with Crippen LogP contribution < -0.4 is 5.32 Å². The van der Waals surface area contributed by atoms with Crippen molar-refractivity contribution in [2.24, 2.45) is 11.3 Å². The topological polar surface area (TPSA) is 76.1 Å². The van der Waals surface area contributed by atoms with Crippen molar-refractivity contribution in [3.05, 3.63) is 58.8 Å². The Morgan fingerprint density at radius 1 is 1.06 bits per heavy atom. The number of nitrogens with one attached hydrogen (secondary N) is 1. The number of carbonyl (C=O) groups is 3. The molecule has 33 heavy (non-hydrogen) atoms. The molecule has 1 heterocycles.